The fraction of sp³-hybridized carbons (Fsp3) is 0.357. The van der Waals surface area contributed by atoms with Crippen molar-refractivity contribution < 1.29 is 33.0 Å². The molecule has 0 bridgehead atoms. The number of benzene rings is 1. The van der Waals surface area contributed by atoms with E-state index in [0.717, 1.165) is 0 Å². The lowest BCUT2D eigenvalue weighted by Gasteiger charge is -2.27. The Morgan fingerprint density at radius 1 is 1.14 bits per heavy atom. The Balaban J connectivity index is 1.57. The molecule has 1 aromatic carbocycles. The van der Waals surface area contributed by atoms with Crippen molar-refractivity contribution in [2.45, 2.75) is 44.9 Å². The Hall–Kier alpha value is -4.52. The van der Waals surface area contributed by atoms with Gasteiger partial charge in [0, 0.05) is 36.4 Å². The van der Waals surface area contributed by atoms with E-state index >= 15 is 0 Å². The number of amides is 2. The minimum absolute atomic E-state index is 0.0255. The van der Waals surface area contributed by atoms with Gasteiger partial charge in [-0.3, -0.25) is 14.7 Å². The molecule has 1 fully saturated rings. The molecule has 12 nitrogen and oxygen atoms in total. The van der Waals surface area contributed by atoms with E-state index in [1.807, 2.05) is 0 Å². The molecule has 14 heteroatoms. The van der Waals surface area contributed by atoms with E-state index in [4.69, 9.17) is 25.8 Å². The third kappa shape index (κ3) is 7.03. The summed E-state index contributed by atoms with van der Waals surface area (Å²) < 4.78 is 30.2. The molecule has 1 aliphatic rings. The van der Waals surface area contributed by atoms with Crippen LogP contribution in [0.15, 0.2) is 42.9 Å². The van der Waals surface area contributed by atoms with Crippen LogP contribution in [0.2, 0.25) is 5.02 Å². The van der Waals surface area contributed by atoms with E-state index in [2.05, 4.69) is 25.6 Å². The summed E-state index contributed by atoms with van der Waals surface area (Å²) in [6.07, 6.45) is 3.61. The zero-order chi connectivity index (χ0) is 30.6. The van der Waals surface area contributed by atoms with Crippen LogP contribution in [0.4, 0.5) is 20.7 Å². The van der Waals surface area contributed by atoms with Gasteiger partial charge in [-0.25, -0.2) is 23.9 Å². The van der Waals surface area contributed by atoms with E-state index in [1.54, 1.807) is 26.8 Å². The molecule has 1 aliphatic heterocycles. The summed E-state index contributed by atoms with van der Waals surface area (Å²) in [4.78, 5) is 52.5. The maximum Gasteiger partial charge on any atom is 0.411 e. The van der Waals surface area contributed by atoms with Crippen LogP contribution in [-0.4, -0.2) is 76.3 Å². The normalized spacial score (nSPS) is 16.5. The van der Waals surface area contributed by atoms with Crippen molar-refractivity contribution in [1.29, 1.82) is 0 Å². The van der Waals surface area contributed by atoms with Crippen molar-refractivity contribution in [3.8, 4) is 17.1 Å². The summed E-state index contributed by atoms with van der Waals surface area (Å²) in [5.41, 5.74) is -0.255. The maximum atomic E-state index is 14.5. The lowest BCUT2D eigenvalue weighted by Crippen LogP contribution is -2.44. The van der Waals surface area contributed by atoms with E-state index in [-0.39, 0.29) is 41.5 Å². The minimum Gasteiger partial charge on any atom is -0.491 e. The zero-order valence-electron chi connectivity index (χ0n) is 23.6. The molecule has 3 aromatic rings. The number of carbonyl (C=O) groups is 3. The SMILES string of the molecule is COC(=O)[C@H]1C[C@@H](NC(=O)c2cnccc2Nc2nc(-c3cc(Cl)ccc3F)ncc2OC)CN1C(=O)OC(C)(C)C. The Labute approximate surface area is 246 Å². The van der Waals surface area contributed by atoms with Crippen LogP contribution >= 0.6 is 11.6 Å². The number of hydrogen-bond acceptors (Lipinski definition) is 10. The van der Waals surface area contributed by atoms with Crippen molar-refractivity contribution in [3.63, 3.8) is 0 Å². The van der Waals surface area contributed by atoms with Gasteiger partial charge in [-0.05, 0) is 45.0 Å². The number of ether oxygens (including phenoxy) is 3. The first-order chi connectivity index (χ1) is 19.9. The maximum absolute atomic E-state index is 14.5. The standard InChI is InChI=1S/C28H30ClFN6O6/c1-28(2,3)42-27(39)36-14-16(11-21(36)26(38)41-5)33-25(37)18-12-31-9-8-20(18)34-24-22(40-4)13-32-23(35-24)17-10-15(29)6-7-19(17)30/h6-10,12-13,16,21H,11,14H2,1-5H3,(H,33,37)(H,31,32,34,35)/t16-,21-/m1/s1. The molecule has 42 heavy (non-hydrogen) atoms. The average molecular weight is 601 g/mol. The molecule has 2 N–H and O–H groups in total. The predicted octanol–water partition coefficient (Wildman–Crippen LogP) is 4.36. The van der Waals surface area contributed by atoms with Crippen molar-refractivity contribution in [2.24, 2.45) is 0 Å². The highest BCUT2D eigenvalue weighted by Gasteiger charge is 2.43. The monoisotopic (exact) mass is 600 g/mol. The largest absolute Gasteiger partial charge is 0.491 e. The molecular formula is C28H30ClFN6O6. The van der Waals surface area contributed by atoms with Gasteiger partial charge >= 0.3 is 12.1 Å². The van der Waals surface area contributed by atoms with Gasteiger partial charge in [0.2, 0.25) is 0 Å². The third-order valence-corrected chi connectivity index (χ3v) is 6.44. The van der Waals surface area contributed by atoms with Crippen LogP contribution in [0.1, 0.15) is 37.6 Å². The molecule has 2 aromatic heterocycles. The average Bonchev–Trinajstić information content (AvgIpc) is 3.37. The van der Waals surface area contributed by atoms with Gasteiger partial charge in [-0.2, -0.15) is 0 Å². The number of hydrogen-bond donors (Lipinski definition) is 2. The number of nitrogens with one attached hydrogen (secondary N) is 2. The second-order valence-electron chi connectivity index (χ2n) is 10.4. The smallest absolute Gasteiger partial charge is 0.411 e. The second kappa shape index (κ2) is 12.6. The molecule has 2 atom stereocenters. The lowest BCUT2D eigenvalue weighted by atomic mass is 10.1. The minimum atomic E-state index is -0.933. The molecule has 1 saturated heterocycles. The quantitative estimate of drug-likeness (QED) is 0.375. The number of aromatic nitrogens is 3. The first-order valence-electron chi connectivity index (χ1n) is 12.9. The number of halogens is 2. The summed E-state index contributed by atoms with van der Waals surface area (Å²) in [5, 5.41) is 6.20. The van der Waals surface area contributed by atoms with Crippen LogP contribution in [0.25, 0.3) is 11.4 Å². The van der Waals surface area contributed by atoms with Crippen LogP contribution in [-0.2, 0) is 14.3 Å². The molecule has 0 saturated carbocycles. The number of likely N-dealkylation sites (tertiary alicyclic amines) is 1. The molecule has 0 spiro atoms. The molecule has 0 unspecified atom stereocenters. The van der Waals surface area contributed by atoms with Gasteiger partial charge in [-0.15, -0.1) is 0 Å². The van der Waals surface area contributed by atoms with Gasteiger partial charge in [0.15, 0.2) is 17.4 Å². The molecule has 0 radical (unpaired) electrons. The molecule has 3 heterocycles. The van der Waals surface area contributed by atoms with E-state index < -0.39 is 41.5 Å². The number of esters is 1. The van der Waals surface area contributed by atoms with Crippen molar-refractivity contribution >= 4 is 41.1 Å². The van der Waals surface area contributed by atoms with Crippen LogP contribution < -0.4 is 15.4 Å². The van der Waals surface area contributed by atoms with Crippen molar-refractivity contribution in [3.05, 3.63) is 59.3 Å². The van der Waals surface area contributed by atoms with Gasteiger partial charge in [0.25, 0.3) is 5.91 Å². The number of methoxy groups -OCH3 is 2. The molecule has 2 amide bonds. The highest BCUT2D eigenvalue weighted by Crippen LogP contribution is 2.31. The Morgan fingerprint density at radius 3 is 2.60 bits per heavy atom. The predicted molar refractivity (Wildman–Crippen MR) is 151 cm³/mol. The van der Waals surface area contributed by atoms with Crippen molar-refractivity contribution in [1.82, 2.24) is 25.2 Å². The van der Waals surface area contributed by atoms with Crippen LogP contribution in [0.5, 0.6) is 5.75 Å². The highest BCUT2D eigenvalue weighted by molar-refractivity contribution is 6.30. The first-order valence-corrected chi connectivity index (χ1v) is 13.2. The molecule has 4 rings (SSSR count). The Kier molecular flexibility index (Phi) is 9.10. The summed E-state index contributed by atoms with van der Waals surface area (Å²) in [5.74, 6) is -1.29. The second-order valence-corrected chi connectivity index (χ2v) is 10.8. The number of rotatable bonds is 7. The van der Waals surface area contributed by atoms with Crippen LogP contribution in [0.3, 0.4) is 0 Å². The van der Waals surface area contributed by atoms with Gasteiger partial charge in [-0.1, -0.05) is 11.6 Å². The van der Waals surface area contributed by atoms with Gasteiger partial charge in [0.1, 0.15) is 17.5 Å². The summed E-state index contributed by atoms with van der Waals surface area (Å²) in [7, 11) is 2.64. The third-order valence-electron chi connectivity index (χ3n) is 6.20. The number of pyridine rings is 1. The van der Waals surface area contributed by atoms with E-state index in [9.17, 15) is 18.8 Å². The van der Waals surface area contributed by atoms with Crippen molar-refractivity contribution in [2.75, 3.05) is 26.1 Å². The highest BCUT2D eigenvalue weighted by atomic mass is 35.5. The van der Waals surface area contributed by atoms with Gasteiger partial charge < -0.3 is 24.8 Å². The number of nitrogens with zero attached hydrogens (tertiary/aromatic N) is 4. The fourth-order valence-electron chi connectivity index (χ4n) is 4.31. The Bertz CT molecular complexity index is 1500. The molecular weight excluding hydrogens is 571 g/mol. The molecule has 222 valence electrons. The summed E-state index contributed by atoms with van der Waals surface area (Å²) in [6, 6.07) is 4.05. The van der Waals surface area contributed by atoms with E-state index in [0.29, 0.717) is 10.7 Å². The summed E-state index contributed by atoms with van der Waals surface area (Å²) in [6.45, 7) is 5.17. The number of carbonyl (C=O) groups excluding carboxylic acids is 3. The zero-order valence-corrected chi connectivity index (χ0v) is 24.4. The fourth-order valence-corrected chi connectivity index (χ4v) is 4.48. The summed E-state index contributed by atoms with van der Waals surface area (Å²) >= 11 is 6.04. The first kappa shape index (κ1) is 30.4. The van der Waals surface area contributed by atoms with Crippen LogP contribution in [0, 0.1) is 5.82 Å². The molecule has 0 aliphatic carbocycles. The van der Waals surface area contributed by atoms with Gasteiger partial charge in [0.05, 0.1) is 37.2 Å². The Morgan fingerprint density at radius 2 is 1.90 bits per heavy atom. The number of anilines is 2. The topological polar surface area (TPSA) is 145 Å². The lowest BCUT2D eigenvalue weighted by molar-refractivity contribution is -0.145. The van der Waals surface area contributed by atoms with E-state index in [1.165, 1.54) is 55.9 Å².